The van der Waals surface area contributed by atoms with Crippen LogP contribution in [0.4, 0.5) is 0 Å². The Kier molecular flexibility index (Phi) is 5.79. The Morgan fingerprint density at radius 2 is 2.14 bits per heavy atom. The monoisotopic (exact) mass is 308 g/mol. The Hall–Kier alpha value is -1.16. The van der Waals surface area contributed by atoms with Gasteiger partial charge in [-0.15, -0.1) is 0 Å². The van der Waals surface area contributed by atoms with Crippen LogP contribution in [0.25, 0.3) is 0 Å². The number of carbonyl (C=O) groups is 1. The number of hydrogen-bond acceptors (Lipinski definition) is 5. The molecule has 2 fully saturated rings. The highest BCUT2D eigenvalue weighted by Crippen LogP contribution is 2.28. The summed E-state index contributed by atoms with van der Waals surface area (Å²) in [7, 11) is 0. The van der Waals surface area contributed by atoms with Crippen molar-refractivity contribution in [2.45, 2.75) is 57.2 Å². The van der Waals surface area contributed by atoms with Gasteiger partial charge in [0.2, 0.25) is 5.91 Å². The zero-order chi connectivity index (χ0) is 16.2. The van der Waals surface area contributed by atoms with Gasteiger partial charge in [0.1, 0.15) is 5.54 Å². The second-order valence-corrected chi connectivity index (χ2v) is 6.88. The van der Waals surface area contributed by atoms with Crippen molar-refractivity contribution in [3.05, 3.63) is 0 Å². The van der Waals surface area contributed by atoms with Crippen molar-refractivity contribution >= 4 is 5.91 Å². The van der Waals surface area contributed by atoms with E-state index in [-0.39, 0.29) is 12.0 Å². The zero-order valence-corrected chi connectivity index (χ0v) is 13.7. The van der Waals surface area contributed by atoms with Crippen LogP contribution in [-0.4, -0.2) is 71.2 Å². The molecule has 0 aromatic carbocycles. The summed E-state index contributed by atoms with van der Waals surface area (Å²) in [5.41, 5.74) is -0.628. The molecule has 0 bridgehead atoms. The minimum atomic E-state index is -0.628. The van der Waals surface area contributed by atoms with Crippen molar-refractivity contribution in [2.75, 3.05) is 32.7 Å². The van der Waals surface area contributed by atoms with Gasteiger partial charge in [-0.2, -0.15) is 5.26 Å². The Balaban J connectivity index is 1.80. The predicted molar refractivity (Wildman–Crippen MR) is 84.1 cm³/mol. The van der Waals surface area contributed by atoms with Crippen LogP contribution in [0.1, 0.15) is 39.5 Å². The molecule has 22 heavy (non-hydrogen) atoms. The van der Waals surface area contributed by atoms with Crippen molar-refractivity contribution in [3.8, 4) is 6.07 Å². The number of hydrogen-bond donors (Lipinski definition) is 2. The maximum Gasteiger partial charge on any atom is 0.235 e. The molecule has 124 valence electrons. The molecule has 1 saturated carbocycles. The molecule has 2 aliphatic rings. The molecular weight excluding hydrogens is 280 g/mol. The normalized spacial score (nSPS) is 27.3. The summed E-state index contributed by atoms with van der Waals surface area (Å²) < 4.78 is 0. The second kappa shape index (κ2) is 7.40. The van der Waals surface area contributed by atoms with Gasteiger partial charge in [-0.25, -0.2) is 0 Å². The molecule has 1 heterocycles. The van der Waals surface area contributed by atoms with Crippen LogP contribution in [0.2, 0.25) is 0 Å². The van der Waals surface area contributed by atoms with Gasteiger partial charge in [0.05, 0.1) is 18.7 Å². The molecule has 0 spiro atoms. The van der Waals surface area contributed by atoms with Crippen molar-refractivity contribution in [3.63, 3.8) is 0 Å². The third-order valence-electron chi connectivity index (χ3n) is 4.76. The molecule has 0 unspecified atom stereocenters. The van der Waals surface area contributed by atoms with E-state index in [0.29, 0.717) is 19.1 Å². The summed E-state index contributed by atoms with van der Waals surface area (Å²) in [6.07, 6.45) is 3.25. The Bertz CT molecular complexity index is 426. The maximum atomic E-state index is 12.2. The number of piperazine rings is 1. The number of nitrogens with zero attached hydrogens (tertiary/aromatic N) is 3. The predicted octanol–water partition coefficient (Wildman–Crippen LogP) is 0.326. The fraction of sp³-hybridized carbons (Fsp3) is 0.875. The lowest BCUT2D eigenvalue weighted by molar-refractivity contribution is -0.124. The number of β-amino-alcohol motifs (C(OH)–C–C–N with tert-alkyl or cyclic N) is 1. The van der Waals surface area contributed by atoms with Gasteiger partial charge >= 0.3 is 0 Å². The lowest BCUT2D eigenvalue weighted by Crippen LogP contribution is -2.56. The first-order chi connectivity index (χ1) is 10.4. The van der Waals surface area contributed by atoms with Gasteiger partial charge in [-0.1, -0.05) is 0 Å². The van der Waals surface area contributed by atoms with Gasteiger partial charge in [0.25, 0.3) is 0 Å². The van der Waals surface area contributed by atoms with Gasteiger partial charge in [-0.05, 0) is 39.5 Å². The summed E-state index contributed by atoms with van der Waals surface area (Å²) in [6, 6.07) is 2.62. The van der Waals surface area contributed by atoms with E-state index in [4.69, 9.17) is 0 Å². The van der Waals surface area contributed by atoms with Gasteiger partial charge in [-0.3, -0.25) is 14.6 Å². The third kappa shape index (κ3) is 4.42. The molecule has 2 atom stereocenters. The minimum absolute atomic E-state index is 0.0420. The van der Waals surface area contributed by atoms with Crippen molar-refractivity contribution in [1.82, 2.24) is 15.1 Å². The minimum Gasteiger partial charge on any atom is -0.392 e. The summed E-state index contributed by atoms with van der Waals surface area (Å²) in [6.45, 7) is 7.47. The molecule has 1 saturated heterocycles. The molecule has 1 aliphatic carbocycles. The molecule has 2 rings (SSSR count). The molecule has 0 aromatic heterocycles. The van der Waals surface area contributed by atoms with Crippen molar-refractivity contribution in [1.29, 1.82) is 5.26 Å². The van der Waals surface area contributed by atoms with Crippen LogP contribution in [0.15, 0.2) is 0 Å². The Labute approximate surface area is 133 Å². The molecule has 1 aliphatic heterocycles. The van der Waals surface area contributed by atoms with E-state index in [1.807, 2.05) is 0 Å². The lowest BCUT2D eigenvalue weighted by atomic mass is 10.00. The second-order valence-electron chi connectivity index (χ2n) is 6.88. The van der Waals surface area contributed by atoms with E-state index in [1.165, 1.54) is 0 Å². The van der Waals surface area contributed by atoms with Crippen molar-refractivity contribution in [2.24, 2.45) is 0 Å². The van der Waals surface area contributed by atoms with E-state index in [9.17, 15) is 15.2 Å². The van der Waals surface area contributed by atoms with E-state index in [0.717, 1.165) is 45.3 Å². The molecule has 0 aromatic rings. The molecule has 1 amide bonds. The standard InChI is InChI=1S/C16H28N4O2/c1-13-9-19(7-8-20(13)10-14(2)21)11-15(22)18-16(12-17)5-3-4-6-16/h13-14,21H,3-11H2,1-2H3,(H,18,22)/t13-,14-/m1/s1. The highest BCUT2D eigenvalue weighted by molar-refractivity contribution is 5.79. The SMILES string of the molecule is C[C@@H]1CN(CC(=O)NC2(C#N)CCCC2)CCN1C[C@@H](C)O. The molecular formula is C16H28N4O2. The average molecular weight is 308 g/mol. The maximum absolute atomic E-state index is 12.2. The highest BCUT2D eigenvalue weighted by atomic mass is 16.3. The zero-order valence-electron chi connectivity index (χ0n) is 13.7. The summed E-state index contributed by atoms with van der Waals surface area (Å²) in [5.74, 6) is -0.0420. The summed E-state index contributed by atoms with van der Waals surface area (Å²) in [5, 5.41) is 21.8. The van der Waals surface area contributed by atoms with E-state index in [2.05, 4.69) is 28.1 Å². The van der Waals surface area contributed by atoms with E-state index in [1.54, 1.807) is 6.92 Å². The van der Waals surface area contributed by atoms with Crippen LogP contribution in [0.5, 0.6) is 0 Å². The highest BCUT2D eigenvalue weighted by Gasteiger charge is 2.36. The lowest BCUT2D eigenvalue weighted by Gasteiger charge is -2.40. The largest absolute Gasteiger partial charge is 0.392 e. The fourth-order valence-electron chi connectivity index (χ4n) is 3.58. The first kappa shape index (κ1) is 17.2. The van der Waals surface area contributed by atoms with Gasteiger partial charge in [0.15, 0.2) is 0 Å². The quantitative estimate of drug-likeness (QED) is 0.765. The number of rotatable bonds is 5. The van der Waals surface area contributed by atoms with Crippen molar-refractivity contribution < 1.29 is 9.90 Å². The number of carbonyl (C=O) groups excluding carboxylic acids is 1. The van der Waals surface area contributed by atoms with Crippen LogP contribution in [-0.2, 0) is 4.79 Å². The van der Waals surface area contributed by atoms with E-state index < -0.39 is 5.54 Å². The van der Waals surface area contributed by atoms with Gasteiger partial charge in [0, 0.05) is 32.2 Å². The number of amides is 1. The van der Waals surface area contributed by atoms with Crippen LogP contribution < -0.4 is 5.32 Å². The van der Waals surface area contributed by atoms with Crippen LogP contribution in [0, 0.1) is 11.3 Å². The number of nitrogens with one attached hydrogen (secondary N) is 1. The molecule has 6 heteroatoms. The van der Waals surface area contributed by atoms with Crippen LogP contribution in [0.3, 0.4) is 0 Å². The Morgan fingerprint density at radius 1 is 1.45 bits per heavy atom. The molecule has 2 N–H and O–H groups in total. The Morgan fingerprint density at radius 3 is 2.68 bits per heavy atom. The third-order valence-corrected chi connectivity index (χ3v) is 4.76. The number of aliphatic hydroxyl groups excluding tert-OH is 1. The van der Waals surface area contributed by atoms with Gasteiger partial charge < -0.3 is 10.4 Å². The topological polar surface area (TPSA) is 79.6 Å². The van der Waals surface area contributed by atoms with Crippen LogP contribution >= 0.6 is 0 Å². The summed E-state index contributed by atoms with van der Waals surface area (Å²) >= 11 is 0. The molecule has 0 radical (unpaired) electrons. The number of nitriles is 1. The average Bonchev–Trinajstić information content (AvgIpc) is 2.90. The smallest absolute Gasteiger partial charge is 0.235 e. The molecule has 6 nitrogen and oxygen atoms in total. The first-order valence-electron chi connectivity index (χ1n) is 8.31. The van der Waals surface area contributed by atoms with E-state index >= 15 is 0 Å². The first-order valence-corrected chi connectivity index (χ1v) is 8.31. The number of aliphatic hydroxyl groups is 1. The fourth-order valence-corrected chi connectivity index (χ4v) is 3.58. The summed E-state index contributed by atoms with van der Waals surface area (Å²) in [4.78, 5) is 16.6.